The van der Waals surface area contributed by atoms with Gasteiger partial charge in [-0.25, -0.2) is 4.79 Å². The number of non-ortho nitro benzene ring substituents is 1. The number of anilines is 1. The summed E-state index contributed by atoms with van der Waals surface area (Å²) in [6, 6.07) is 10.1. The molecule has 32 heavy (non-hydrogen) atoms. The third-order valence-corrected chi connectivity index (χ3v) is 5.18. The average Bonchev–Trinajstić information content (AvgIpc) is 2.70. The molecule has 2 rings (SSSR count). The van der Waals surface area contributed by atoms with Gasteiger partial charge in [0.2, 0.25) is 11.8 Å². The van der Waals surface area contributed by atoms with E-state index >= 15 is 0 Å². The SMILES string of the molecule is Cc1cc(C)cc(NC(=O)CSCC(NC(=O)/C=C/c2cccc([N+](=O)[O-])c2)C(=O)O)c1. The third-order valence-electron chi connectivity index (χ3n) is 4.15. The number of hydrogen-bond donors (Lipinski definition) is 3. The summed E-state index contributed by atoms with van der Waals surface area (Å²) in [5.41, 5.74) is 3.01. The first-order chi connectivity index (χ1) is 15.1. The van der Waals surface area contributed by atoms with Crippen molar-refractivity contribution in [1.82, 2.24) is 5.32 Å². The minimum atomic E-state index is -1.23. The summed E-state index contributed by atoms with van der Waals surface area (Å²) in [5, 5.41) is 25.3. The topological polar surface area (TPSA) is 139 Å². The van der Waals surface area contributed by atoms with Crippen LogP contribution in [0.1, 0.15) is 16.7 Å². The van der Waals surface area contributed by atoms with Gasteiger partial charge in [-0.1, -0.05) is 18.2 Å². The highest BCUT2D eigenvalue weighted by Crippen LogP contribution is 2.15. The number of hydrogen-bond acceptors (Lipinski definition) is 6. The molecule has 0 aromatic heterocycles. The first kappa shape index (κ1) is 24.6. The van der Waals surface area contributed by atoms with Gasteiger partial charge in [0.25, 0.3) is 5.69 Å². The summed E-state index contributed by atoms with van der Waals surface area (Å²) in [4.78, 5) is 45.9. The summed E-state index contributed by atoms with van der Waals surface area (Å²) < 4.78 is 0. The number of aliphatic carboxylic acids is 1. The van der Waals surface area contributed by atoms with Crippen LogP contribution >= 0.6 is 11.8 Å². The van der Waals surface area contributed by atoms with Crippen molar-refractivity contribution in [3.63, 3.8) is 0 Å². The highest BCUT2D eigenvalue weighted by molar-refractivity contribution is 8.00. The number of amides is 2. The molecule has 3 N–H and O–H groups in total. The molecule has 0 aliphatic heterocycles. The number of nitrogens with zero attached hydrogens (tertiary/aromatic N) is 1. The van der Waals surface area contributed by atoms with E-state index in [2.05, 4.69) is 10.6 Å². The number of carboxylic acid groups (broad SMARTS) is 1. The van der Waals surface area contributed by atoms with Gasteiger partial charge in [-0.2, -0.15) is 0 Å². The second-order valence-corrected chi connectivity index (χ2v) is 8.05. The zero-order valence-electron chi connectivity index (χ0n) is 17.5. The lowest BCUT2D eigenvalue weighted by Gasteiger charge is -2.13. The predicted octanol–water partition coefficient (Wildman–Crippen LogP) is 3.17. The fraction of sp³-hybridized carbons (Fsp3) is 0.227. The number of nitro groups is 1. The molecule has 168 valence electrons. The standard InChI is InChI=1S/C22H23N3O6S/c1-14-8-15(2)10-17(9-14)23-21(27)13-32-12-19(22(28)29)24-20(26)7-6-16-4-3-5-18(11-16)25(30)31/h3-11,19H,12-13H2,1-2H3,(H,23,27)(H,24,26)(H,28,29)/b7-6+. The second kappa shape index (κ2) is 11.7. The van der Waals surface area contributed by atoms with Crippen molar-refractivity contribution in [2.45, 2.75) is 19.9 Å². The van der Waals surface area contributed by atoms with Crippen LogP contribution in [-0.4, -0.2) is 45.4 Å². The molecule has 0 saturated heterocycles. The highest BCUT2D eigenvalue weighted by Gasteiger charge is 2.19. The van der Waals surface area contributed by atoms with Crippen molar-refractivity contribution in [3.8, 4) is 0 Å². The van der Waals surface area contributed by atoms with E-state index in [1.807, 2.05) is 32.0 Å². The van der Waals surface area contributed by atoms with Gasteiger partial charge in [0.05, 0.1) is 10.7 Å². The smallest absolute Gasteiger partial charge is 0.327 e. The van der Waals surface area contributed by atoms with Gasteiger partial charge in [-0.05, 0) is 48.7 Å². The number of rotatable bonds is 10. The number of nitro benzene ring substituents is 1. The van der Waals surface area contributed by atoms with Gasteiger partial charge < -0.3 is 15.7 Å². The Morgan fingerprint density at radius 1 is 1.16 bits per heavy atom. The molecular formula is C22H23N3O6S. The summed E-state index contributed by atoms with van der Waals surface area (Å²) in [7, 11) is 0. The molecule has 0 aliphatic carbocycles. The minimum absolute atomic E-state index is 0.00795. The maximum Gasteiger partial charge on any atom is 0.327 e. The summed E-state index contributed by atoms with van der Waals surface area (Å²) in [5.74, 6) is -2.16. The second-order valence-electron chi connectivity index (χ2n) is 7.02. The van der Waals surface area contributed by atoms with Crippen molar-refractivity contribution in [2.24, 2.45) is 0 Å². The number of aryl methyl sites for hydroxylation is 2. The van der Waals surface area contributed by atoms with Gasteiger partial charge in [-0.15, -0.1) is 11.8 Å². The number of nitrogens with one attached hydrogen (secondary N) is 2. The number of carbonyl (C=O) groups is 3. The molecule has 0 spiro atoms. The molecule has 0 fully saturated rings. The van der Waals surface area contributed by atoms with Crippen LogP contribution in [0.15, 0.2) is 48.5 Å². The van der Waals surface area contributed by atoms with Crippen LogP contribution in [0.25, 0.3) is 6.08 Å². The maximum atomic E-state index is 12.1. The molecule has 10 heteroatoms. The Labute approximate surface area is 189 Å². The van der Waals surface area contributed by atoms with Gasteiger partial charge >= 0.3 is 5.97 Å². The van der Waals surface area contributed by atoms with Crippen LogP contribution in [0, 0.1) is 24.0 Å². The Morgan fingerprint density at radius 3 is 2.47 bits per heavy atom. The predicted molar refractivity (Wildman–Crippen MR) is 124 cm³/mol. The molecule has 2 aromatic rings. The van der Waals surface area contributed by atoms with Crippen molar-refractivity contribution in [3.05, 3.63) is 75.3 Å². The Kier molecular flexibility index (Phi) is 8.96. The zero-order valence-corrected chi connectivity index (χ0v) is 18.3. The highest BCUT2D eigenvalue weighted by atomic mass is 32.2. The van der Waals surface area contributed by atoms with Crippen LogP contribution in [0.3, 0.4) is 0 Å². The molecule has 0 bridgehead atoms. The van der Waals surface area contributed by atoms with E-state index in [1.165, 1.54) is 24.3 Å². The van der Waals surface area contributed by atoms with E-state index in [0.717, 1.165) is 29.0 Å². The average molecular weight is 458 g/mol. The van der Waals surface area contributed by atoms with Crippen molar-refractivity contribution in [1.29, 1.82) is 0 Å². The van der Waals surface area contributed by atoms with E-state index < -0.39 is 22.8 Å². The number of benzene rings is 2. The maximum absolute atomic E-state index is 12.1. The molecule has 0 aliphatic rings. The van der Waals surface area contributed by atoms with Crippen molar-refractivity contribution < 1.29 is 24.4 Å². The van der Waals surface area contributed by atoms with E-state index in [4.69, 9.17) is 0 Å². The fourth-order valence-electron chi connectivity index (χ4n) is 2.82. The van der Waals surface area contributed by atoms with Gasteiger partial charge in [0.1, 0.15) is 6.04 Å². The molecule has 1 unspecified atom stereocenters. The first-order valence-corrected chi connectivity index (χ1v) is 10.7. The Morgan fingerprint density at radius 2 is 1.84 bits per heavy atom. The summed E-state index contributed by atoms with van der Waals surface area (Å²) in [6.45, 7) is 3.84. The van der Waals surface area contributed by atoms with E-state index in [9.17, 15) is 29.6 Å². The van der Waals surface area contributed by atoms with E-state index in [1.54, 1.807) is 6.07 Å². The fourth-order valence-corrected chi connectivity index (χ4v) is 3.66. The summed E-state index contributed by atoms with van der Waals surface area (Å²) in [6.07, 6.45) is 2.46. The lowest BCUT2D eigenvalue weighted by Crippen LogP contribution is -2.42. The largest absolute Gasteiger partial charge is 0.480 e. The molecule has 0 heterocycles. The quantitative estimate of drug-likeness (QED) is 0.283. The molecule has 2 aromatic carbocycles. The first-order valence-electron chi connectivity index (χ1n) is 9.56. The van der Waals surface area contributed by atoms with Gasteiger partial charge in [0.15, 0.2) is 0 Å². The number of thioether (sulfide) groups is 1. The normalized spacial score (nSPS) is 11.7. The van der Waals surface area contributed by atoms with E-state index in [-0.39, 0.29) is 23.1 Å². The van der Waals surface area contributed by atoms with Crippen LogP contribution in [0.4, 0.5) is 11.4 Å². The third kappa shape index (κ3) is 8.23. The zero-order chi connectivity index (χ0) is 23.7. The lowest BCUT2D eigenvalue weighted by atomic mass is 10.1. The van der Waals surface area contributed by atoms with Crippen molar-refractivity contribution >= 4 is 47.0 Å². The Hall–Kier alpha value is -3.66. The Balaban J connectivity index is 1.85. The summed E-state index contributed by atoms with van der Waals surface area (Å²) >= 11 is 1.08. The minimum Gasteiger partial charge on any atom is -0.480 e. The van der Waals surface area contributed by atoms with Gasteiger partial charge in [0, 0.05) is 29.6 Å². The molecule has 2 amide bonds. The lowest BCUT2D eigenvalue weighted by molar-refractivity contribution is -0.384. The number of carbonyl (C=O) groups excluding carboxylic acids is 2. The number of carboxylic acids is 1. The molecule has 1 atom stereocenters. The van der Waals surface area contributed by atoms with Crippen LogP contribution in [0.2, 0.25) is 0 Å². The van der Waals surface area contributed by atoms with Crippen molar-refractivity contribution in [2.75, 3.05) is 16.8 Å². The molecular weight excluding hydrogens is 434 g/mol. The molecule has 0 radical (unpaired) electrons. The van der Waals surface area contributed by atoms with E-state index in [0.29, 0.717) is 11.3 Å². The van der Waals surface area contributed by atoms with Crippen LogP contribution < -0.4 is 10.6 Å². The van der Waals surface area contributed by atoms with Gasteiger partial charge in [-0.3, -0.25) is 19.7 Å². The monoisotopic (exact) mass is 457 g/mol. The van der Waals surface area contributed by atoms with Crippen LogP contribution in [-0.2, 0) is 14.4 Å². The molecule has 9 nitrogen and oxygen atoms in total. The Bertz CT molecular complexity index is 1030. The molecule has 0 saturated carbocycles. The van der Waals surface area contributed by atoms with Crippen LogP contribution in [0.5, 0.6) is 0 Å².